The Morgan fingerprint density at radius 2 is 1.69 bits per heavy atom. The largest absolute Gasteiger partial charge is 0.299 e. The topological polar surface area (TPSA) is 33.2 Å². The van der Waals surface area contributed by atoms with E-state index in [1.165, 1.54) is 5.56 Å². The summed E-state index contributed by atoms with van der Waals surface area (Å²) in [5.41, 5.74) is 2.78. The highest BCUT2D eigenvalue weighted by Crippen LogP contribution is 2.11. The van der Waals surface area contributed by atoms with Crippen molar-refractivity contribution in [2.75, 3.05) is 23.7 Å². The van der Waals surface area contributed by atoms with E-state index < -0.39 is 0 Å². The van der Waals surface area contributed by atoms with Crippen LogP contribution in [0, 0.1) is 0 Å². The van der Waals surface area contributed by atoms with Gasteiger partial charge in [-0.3, -0.25) is 14.7 Å². The molecule has 0 aliphatic rings. The smallest absolute Gasteiger partial charge is 0.204 e. The number of nitrogens with zero attached hydrogens (tertiary/aromatic N) is 2. The number of carbonyl (C=O) groups excluding carboxylic acids is 1. The van der Waals surface area contributed by atoms with Gasteiger partial charge in [0, 0.05) is 23.4 Å². The standard InChI is InChI=1S/C21H24Br2N2O/c22-12-3-15-25(16-4-13-23)17-19-8-6-18(7-9-19)10-11-21(26)20-5-1-2-14-24-20/h1-2,5-11,14H,3-4,12-13,15-17H2/b11-10+. The van der Waals surface area contributed by atoms with E-state index >= 15 is 0 Å². The Morgan fingerprint density at radius 1 is 1.00 bits per heavy atom. The average molecular weight is 480 g/mol. The van der Waals surface area contributed by atoms with Gasteiger partial charge in [0.25, 0.3) is 0 Å². The molecule has 0 unspecified atom stereocenters. The zero-order chi connectivity index (χ0) is 18.6. The van der Waals surface area contributed by atoms with Crippen LogP contribution in [0.5, 0.6) is 0 Å². The zero-order valence-corrected chi connectivity index (χ0v) is 18.0. The molecule has 0 N–H and O–H groups in total. The molecule has 0 aliphatic carbocycles. The predicted octanol–water partition coefficient (Wildman–Crippen LogP) is 5.35. The van der Waals surface area contributed by atoms with Crippen molar-refractivity contribution < 1.29 is 4.79 Å². The number of rotatable bonds is 11. The third-order valence-electron chi connectivity index (χ3n) is 3.95. The summed E-state index contributed by atoms with van der Waals surface area (Å²) in [5, 5.41) is 2.07. The fourth-order valence-electron chi connectivity index (χ4n) is 2.59. The van der Waals surface area contributed by atoms with Crippen LogP contribution in [0.15, 0.2) is 54.7 Å². The van der Waals surface area contributed by atoms with Gasteiger partial charge in [0.05, 0.1) is 0 Å². The van der Waals surface area contributed by atoms with E-state index in [4.69, 9.17) is 0 Å². The molecule has 0 bridgehead atoms. The van der Waals surface area contributed by atoms with Crippen molar-refractivity contribution in [3.63, 3.8) is 0 Å². The summed E-state index contributed by atoms with van der Waals surface area (Å²) in [6.45, 7) is 3.15. The molecule has 2 aromatic rings. The van der Waals surface area contributed by atoms with Gasteiger partial charge in [-0.15, -0.1) is 0 Å². The number of allylic oxidation sites excluding steroid dienone is 1. The molecule has 0 atom stereocenters. The summed E-state index contributed by atoms with van der Waals surface area (Å²) < 4.78 is 0. The first-order valence-corrected chi connectivity index (χ1v) is 11.0. The van der Waals surface area contributed by atoms with Crippen molar-refractivity contribution in [3.8, 4) is 0 Å². The molecule has 0 fully saturated rings. The van der Waals surface area contributed by atoms with E-state index in [-0.39, 0.29) is 5.78 Å². The second-order valence-corrected chi connectivity index (χ2v) is 7.60. The second-order valence-electron chi connectivity index (χ2n) is 6.02. The van der Waals surface area contributed by atoms with Gasteiger partial charge in [0.15, 0.2) is 0 Å². The lowest BCUT2D eigenvalue weighted by molar-refractivity contribution is 0.104. The maximum atomic E-state index is 12.1. The Hall–Kier alpha value is -1.30. The summed E-state index contributed by atoms with van der Waals surface area (Å²) in [5.74, 6) is -0.0783. The lowest BCUT2D eigenvalue weighted by Gasteiger charge is -2.21. The molecule has 0 saturated heterocycles. The number of halogens is 2. The number of carbonyl (C=O) groups is 1. The van der Waals surface area contributed by atoms with Gasteiger partial charge in [-0.05, 0) is 55.3 Å². The molecule has 1 aromatic carbocycles. The molecule has 26 heavy (non-hydrogen) atoms. The SMILES string of the molecule is O=C(/C=C/c1ccc(CN(CCCBr)CCCBr)cc1)c1ccccn1. The minimum atomic E-state index is -0.0783. The van der Waals surface area contributed by atoms with E-state index in [1.54, 1.807) is 24.4 Å². The zero-order valence-electron chi connectivity index (χ0n) is 14.8. The van der Waals surface area contributed by atoms with Crippen LogP contribution in [-0.2, 0) is 6.54 Å². The van der Waals surface area contributed by atoms with Crippen LogP contribution >= 0.6 is 31.9 Å². The minimum absolute atomic E-state index is 0.0783. The summed E-state index contributed by atoms with van der Waals surface area (Å²) in [6.07, 6.45) is 7.36. The first-order chi connectivity index (χ1) is 12.7. The van der Waals surface area contributed by atoms with Crippen LogP contribution in [0.1, 0.15) is 34.5 Å². The Bertz CT molecular complexity index is 679. The van der Waals surface area contributed by atoms with Crippen molar-refractivity contribution in [3.05, 3.63) is 71.6 Å². The van der Waals surface area contributed by atoms with Gasteiger partial charge in [0.2, 0.25) is 5.78 Å². The monoisotopic (exact) mass is 478 g/mol. The van der Waals surface area contributed by atoms with Crippen LogP contribution in [-0.4, -0.2) is 39.4 Å². The predicted molar refractivity (Wildman–Crippen MR) is 116 cm³/mol. The van der Waals surface area contributed by atoms with Crippen molar-refractivity contribution in [1.82, 2.24) is 9.88 Å². The van der Waals surface area contributed by atoms with Crippen molar-refractivity contribution >= 4 is 43.7 Å². The molecule has 0 aliphatic heterocycles. The van der Waals surface area contributed by atoms with Gasteiger partial charge in [-0.2, -0.15) is 0 Å². The molecular formula is C21H24Br2N2O. The van der Waals surface area contributed by atoms with Crippen molar-refractivity contribution in [2.24, 2.45) is 0 Å². The summed E-state index contributed by atoms with van der Waals surface area (Å²) >= 11 is 7.02. The van der Waals surface area contributed by atoms with Crippen molar-refractivity contribution in [1.29, 1.82) is 0 Å². The first-order valence-electron chi connectivity index (χ1n) is 8.79. The van der Waals surface area contributed by atoms with Gasteiger partial charge < -0.3 is 0 Å². The number of pyridine rings is 1. The summed E-state index contributed by atoms with van der Waals surface area (Å²) in [7, 11) is 0. The molecule has 138 valence electrons. The number of hydrogen-bond donors (Lipinski definition) is 0. The molecule has 0 saturated carbocycles. The second kappa shape index (κ2) is 12.2. The van der Waals surface area contributed by atoms with Gasteiger partial charge in [-0.1, -0.05) is 68.3 Å². The minimum Gasteiger partial charge on any atom is -0.299 e. The molecule has 0 amide bonds. The number of alkyl halides is 2. The summed E-state index contributed by atoms with van der Waals surface area (Å²) in [4.78, 5) is 18.6. The van der Waals surface area contributed by atoms with Crippen LogP contribution in [0.2, 0.25) is 0 Å². The summed E-state index contributed by atoms with van der Waals surface area (Å²) in [6, 6.07) is 13.7. The van der Waals surface area contributed by atoms with Crippen LogP contribution in [0.4, 0.5) is 0 Å². The first kappa shape index (κ1) is 21.0. The molecule has 5 heteroatoms. The third-order valence-corrected chi connectivity index (χ3v) is 5.07. The average Bonchev–Trinajstić information content (AvgIpc) is 2.69. The molecule has 1 aromatic heterocycles. The lowest BCUT2D eigenvalue weighted by Crippen LogP contribution is -2.26. The molecule has 2 rings (SSSR count). The molecule has 1 heterocycles. The Kier molecular flexibility index (Phi) is 9.82. The van der Waals surface area contributed by atoms with E-state index in [1.807, 2.05) is 12.1 Å². The van der Waals surface area contributed by atoms with Crippen LogP contribution < -0.4 is 0 Å². The normalized spacial score (nSPS) is 11.3. The third kappa shape index (κ3) is 7.52. The maximum Gasteiger partial charge on any atom is 0.204 e. The lowest BCUT2D eigenvalue weighted by atomic mass is 10.1. The fourth-order valence-corrected chi connectivity index (χ4v) is 3.10. The maximum absolute atomic E-state index is 12.1. The fraction of sp³-hybridized carbons (Fsp3) is 0.333. The molecule has 0 radical (unpaired) electrons. The van der Waals surface area contributed by atoms with E-state index in [9.17, 15) is 4.79 Å². The van der Waals surface area contributed by atoms with E-state index in [0.717, 1.165) is 48.7 Å². The molecule has 3 nitrogen and oxygen atoms in total. The number of aromatic nitrogens is 1. The highest BCUT2D eigenvalue weighted by atomic mass is 79.9. The van der Waals surface area contributed by atoms with E-state index in [0.29, 0.717) is 5.69 Å². The molecule has 0 spiro atoms. The van der Waals surface area contributed by atoms with Gasteiger partial charge in [0.1, 0.15) is 5.69 Å². The number of ketones is 1. The van der Waals surface area contributed by atoms with Crippen LogP contribution in [0.3, 0.4) is 0 Å². The van der Waals surface area contributed by atoms with Gasteiger partial charge >= 0.3 is 0 Å². The highest BCUT2D eigenvalue weighted by Gasteiger charge is 2.06. The number of benzene rings is 1. The Labute approximate surface area is 172 Å². The highest BCUT2D eigenvalue weighted by molar-refractivity contribution is 9.09. The Morgan fingerprint density at radius 3 is 2.27 bits per heavy atom. The van der Waals surface area contributed by atoms with Gasteiger partial charge in [-0.25, -0.2) is 0 Å². The van der Waals surface area contributed by atoms with Crippen LogP contribution in [0.25, 0.3) is 6.08 Å². The van der Waals surface area contributed by atoms with Crippen molar-refractivity contribution in [2.45, 2.75) is 19.4 Å². The molecular weight excluding hydrogens is 456 g/mol. The number of hydrogen-bond acceptors (Lipinski definition) is 3. The van der Waals surface area contributed by atoms with E-state index in [2.05, 4.69) is 66.0 Å². The Balaban J connectivity index is 1.94. The quantitative estimate of drug-likeness (QED) is 0.247.